The zero-order chi connectivity index (χ0) is 14.4. The third kappa shape index (κ3) is 1.90. The summed E-state index contributed by atoms with van der Waals surface area (Å²) < 4.78 is 0. The maximum absolute atomic E-state index is 12.9. The molecule has 0 spiro atoms. The lowest BCUT2D eigenvalue weighted by molar-refractivity contribution is 0.104. The summed E-state index contributed by atoms with van der Waals surface area (Å²) in [6, 6.07) is 12.3. The molecular weight excluding hydrogens is 258 g/mol. The molecule has 0 fully saturated rings. The molecule has 0 amide bonds. The van der Waals surface area contributed by atoms with Gasteiger partial charge in [-0.2, -0.15) is 0 Å². The summed E-state index contributed by atoms with van der Waals surface area (Å²) >= 11 is 0. The minimum absolute atomic E-state index is 0.116. The van der Waals surface area contributed by atoms with Crippen LogP contribution in [-0.2, 0) is 12.8 Å². The lowest BCUT2D eigenvalue weighted by Gasteiger charge is -2.05. The Morgan fingerprint density at radius 1 is 1.10 bits per heavy atom. The van der Waals surface area contributed by atoms with Crippen molar-refractivity contribution in [3.63, 3.8) is 0 Å². The van der Waals surface area contributed by atoms with Crippen LogP contribution in [0.3, 0.4) is 0 Å². The van der Waals surface area contributed by atoms with Crippen molar-refractivity contribution in [2.24, 2.45) is 0 Å². The monoisotopic (exact) mass is 275 g/mol. The minimum atomic E-state index is 0.116. The molecule has 1 heterocycles. The first-order chi connectivity index (χ1) is 10.2. The van der Waals surface area contributed by atoms with Gasteiger partial charge in [0.2, 0.25) is 0 Å². The number of aromatic nitrogens is 1. The summed E-state index contributed by atoms with van der Waals surface area (Å²) in [6.45, 7) is 2.05. The first-order valence-electron chi connectivity index (χ1n) is 7.47. The van der Waals surface area contributed by atoms with Crippen molar-refractivity contribution in [2.45, 2.75) is 26.2 Å². The van der Waals surface area contributed by atoms with Gasteiger partial charge in [0.05, 0.1) is 0 Å². The number of ketones is 1. The molecule has 1 aromatic heterocycles. The first-order valence-corrected chi connectivity index (χ1v) is 7.47. The maximum atomic E-state index is 12.9. The average molecular weight is 275 g/mol. The van der Waals surface area contributed by atoms with E-state index in [1.807, 2.05) is 24.4 Å². The first kappa shape index (κ1) is 12.4. The number of aromatic amines is 1. The highest BCUT2D eigenvalue weighted by Crippen LogP contribution is 2.27. The van der Waals surface area contributed by atoms with Crippen molar-refractivity contribution in [3.05, 3.63) is 70.4 Å². The molecule has 0 atom stereocenters. The summed E-state index contributed by atoms with van der Waals surface area (Å²) in [7, 11) is 0. The zero-order valence-electron chi connectivity index (χ0n) is 12.1. The number of rotatable bonds is 2. The zero-order valence-corrected chi connectivity index (χ0v) is 12.1. The molecule has 0 radical (unpaired) electrons. The largest absolute Gasteiger partial charge is 0.360 e. The van der Waals surface area contributed by atoms with Crippen molar-refractivity contribution in [1.29, 1.82) is 0 Å². The molecule has 21 heavy (non-hydrogen) atoms. The van der Waals surface area contributed by atoms with Gasteiger partial charge in [0.25, 0.3) is 0 Å². The van der Waals surface area contributed by atoms with E-state index in [2.05, 4.69) is 30.1 Å². The van der Waals surface area contributed by atoms with E-state index in [1.165, 1.54) is 17.5 Å². The van der Waals surface area contributed by atoms with E-state index in [9.17, 15) is 4.79 Å². The van der Waals surface area contributed by atoms with Gasteiger partial charge in [-0.15, -0.1) is 0 Å². The average Bonchev–Trinajstić information content (AvgIpc) is 3.13. The fourth-order valence-electron chi connectivity index (χ4n) is 3.42. The normalized spacial score (nSPS) is 13.6. The number of H-pyrrole nitrogens is 1. The molecule has 1 aliphatic rings. The third-order valence-corrected chi connectivity index (χ3v) is 4.52. The molecule has 0 unspecified atom stereocenters. The molecule has 2 aromatic carbocycles. The molecule has 0 bridgehead atoms. The molecule has 1 N–H and O–H groups in total. The van der Waals surface area contributed by atoms with Crippen LogP contribution >= 0.6 is 0 Å². The second-order valence-corrected chi connectivity index (χ2v) is 5.87. The Balaban J connectivity index is 1.83. The van der Waals surface area contributed by atoms with Gasteiger partial charge in [0.15, 0.2) is 5.78 Å². The van der Waals surface area contributed by atoms with Gasteiger partial charge in [-0.1, -0.05) is 24.3 Å². The summed E-state index contributed by atoms with van der Waals surface area (Å²) in [5.41, 5.74) is 6.50. The van der Waals surface area contributed by atoms with Crippen LogP contribution in [-0.4, -0.2) is 10.8 Å². The second-order valence-electron chi connectivity index (χ2n) is 5.87. The van der Waals surface area contributed by atoms with Gasteiger partial charge < -0.3 is 4.98 Å². The van der Waals surface area contributed by atoms with E-state index in [-0.39, 0.29) is 5.78 Å². The Hall–Kier alpha value is -2.35. The highest BCUT2D eigenvalue weighted by molar-refractivity contribution is 6.17. The third-order valence-electron chi connectivity index (χ3n) is 4.52. The topological polar surface area (TPSA) is 32.9 Å². The van der Waals surface area contributed by atoms with Crippen molar-refractivity contribution in [2.75, 3.05) is 0 Å². The Kier molecular flexibility index (Phi) is 2.71. The van der Waals surface area contributed by atoms with Crippen LogP contribution in [0.15, 0.2) is 42.6 Å². The number of carbonyl (C=O) groups excluding carboxylic acids is 1. The number of nitrogens with one attached hydrogen (secondary N) is 1. The SMILES string of the molecule is Cc1cccc2[nH]cc(C(=O)c3ccc4c(c3)CCC4)c12. The van der Waals surface area contributed by atoms with E-state index < -0.39 is 0 Å². The number of aryl methyl sites for hydroxylation is 3. The maximum Gasteiger partial charge on any atom is 0.195 e. The van der Waals surface area contributed by atoms with Gasteiger partial charge in [0, 0.05) is 28.2 Å². The predicted molar refractivity (Wildman–Crippen MR) is 84.9 cm³/mol. The quantitative estimate of drug-likeness (QED) is 0.699. The van der Waals surface area contributed by atoms with E-state index >= 15 is 0 Å². The molecule has 4 rings (SSSR count). The van der Waals surface area contributed by atoms with Crippen molar-refractivity contribution in [1.82, 2.24) is 4.98 Å². The van der Waals surface area contributed by atoms with Crippen LogP contribution in [0.1, 0.15) is 39.0 Å². The Morgan fingerprint density at radius 2 is 1.95 bits per heavy atom. The lowest BCUT2D eigenvalue weighted by Crippen LogP contribution is -2.02. The smallest absolute Gasteiger partial charge is 0.195 e. The summed E-state index contributed by atoms with van der Waals surface area (Å²) in [4.78, 5) is 16.1. The molecule has 0 aliphatic heterocycles. The second kappa shape index (κ2) is 4.59. The summed E-state index contributed by atoms with van der Waals surface area (Å²) in [5.74, 6) is 0.116. The highest BCUT2D eigenvalue weighted by Gasteiger charge is 2.18. The number of hydrogen-bond acceptors (Lipinski definition) is 1. The fraction of sp³-hybridized carbons (Fsp3) is 0.211. The predicted octanol–water partition coefficient (Wildman–Crippen LogP) is 4.20. The van der Waals surface area contributed by atoms with Crippen LogP contribution in [0, 0.1) is 6.92 Å². The number of benzene rings is 2. The van der Waals surface area contributed by atoms with Gasteiger partial charge in [-0.3, -0.25) is 4.79 Å². The van der Waals surface area contributed by atoms with Crippen molar-refractivity contribution >= 4 is 16.7 Å². The van der Waals surface area contributed by atoms with E-state index in [0.717, 1.165) is 40.4 Å². The minimum Gasteiger partial charge on any atom is -0.360 e. The van der Waals surface area contributed by atoms with Gasteiger partial charge >= 0.3 is 0 Å². The number of hydrogen-bond donors (Lipinski definition) is 1. The Bertz CT molecular complexity index is 857. The fourth-order valence-corrected chi connectivity index (χ4v) is 3.42. The standard InChI is InChI=1S/C19H17NO/c1-12-4-2-7-17-18(12)16(11-20-17)19(21)15-9-8-13-5-3-6-14(13)10-15/h2,4,7-11,20H,3,5-6H2,1H3. The van der Waals surface area contributed by atoms with E-state index in [1.54, 1.807) is 0 Å². The molecular formula is C19H17NO. The van der Waals surface area contributed by atoms with Gasteiger partial charge in [-0.05, 0) is 55.0 Å². The molecule has 2 heteroatoms. The molecule has 2 nitrogen and oxygen atoms in total. The van der Waals surface area contributed by atoms with Gasteiger partial charge in [-0.25, -0.2) is 0 Å². The summed E-state index contributed by atoms with van der Waals surface area (Å²) in [6.07, 6.45) is 5.30. The van der Waals surface area contributed by atoms with Gasteiger partial charge in [0.1, 0.15) is 0 Å². The molecule has 0 saturated carbocycles. The molecule has 3 aromatic rings. The van der Waals surface area contributed by atoms with Crippen LogP contribution in [0.2, 0.25) is 0 Å². The summed E-state index contributed by atoms with van der Waals surface area (Å²) in [5, 5.41) is 1.04. The Labute approximate surface area is 123 Å². The number of carbonyl (C=O) groups is 1. The van der Waals surface area contributed by atoms with E-state index in [0.29, 0.717) is 0 Å². The van der Waals surface area contributed by atoms with Crippen LogP contribution in [0.4, 0.5) is 0 Å². The van der Waals surface area contributed by atoms with Crippen molar-refractivity contribution in [3.8, 4) is 0 Å². The highest BCUT2D eigenvalue weighted by atomic mass is 16.1. The number of fused-ring (bicyclic) bond motifs is 2. The lowest BCUT2D eigenvalue weighted by atomic mass is 9.97. The van der Waals surface area contributed by atoms with E-state index in [4.69, 9.17) is 0 Å². The molecule has 104 valence electrons. The molecule has 1 aliphatic carbocycles. The molecule has 0 saturated heterocycles. The van der Waals surface area contributed by atoms with Crippen LogP contribution in [0.25, 0.3) is 10.9 Å². The Morgan fingerprint density at radius 3 is 2.86 bits per heavy atom. The van der Waals surface area contributed by atoms with Crippen molar-refractivity contribution < 1.29 is 4.79 Å². The van der Waals surface area contributed by atoms with Crippen LogP contribution in [0.5, 0.6) is 0 Å². The van der Waals surface area contributed by atoms with Crippen LogP contribution < -0.4 is 0 Å².